The number of hydrogen-bond donors (Lipinski definition) is 0. The Morgan fingerprint density at radius 2 is 2.00 bits per heavy atom. The highest BCUT2D eigenvalue weighted by atomic mass is 16.5. The van der Waals surface area contributed by atoms with Gasteiger partial charge in [0, 0.05) is 30.8 Å². The minimum absolute atomic E-state index is 0.0590. The summed E-state index contributed by atoms with van der Waals surface area (Å²) in [7, 11) is 0. The zero-order valence-electron chi connectivity index (χ0n) is 14.3. The quantitative estimate of drug-likeness (QED) is 0.693. The molecule has 4 nitrogen and oxygen atoms in total. The largest absolute Gasteiger partial charge is 0.423 e. The Kier molecular flexibility index (Phi) is 3.55. The van der Waals surface area contributed by atoms with Crippen molar-refractivity contribution in [3.05, 3.63) is 23.5 Å². The Morgan fingerprint density at radius 1 is 1.21 bits per heavy atom. The highest BCUT2D eigenvalue weighted by Gasteiger charge is 2.55. The lowest BCUT2D eigenvalue weighted by atomic mass is 9.54. The summed E-state index contributed by atoms with van der Waals surface area (Å²) in [5.74, 6) is 1.80. The second kappa shape index (κ2) is 5.40. The lowest BCUT2D eigenvalue weighted by Crippen LogP contribution is -2.45. The fourth-order valence-electron chi connectivity index (χ4n) is 5.75. The third-order valence-electron chi connectivity index (χ3n) is 6.95. The molecule has 4 heteroatoms. The molecule has 0 aromatic rings. The van der Waals surface area contributed by atoms with Crippen molar-refractivity contribution in [2.45, 2.75) is 52.4 Å². The average molecular weight is 328 g/mol. The first-order valence-electron chi connectivity index (χ1n) is 9.09. The minimum atomic E-state index is -0.431. The summed E-state index contributed by atoms with van der Waals surface area (Å²) in [6.45, 7) is 3.49. The maximum atomic E-state index is 12.4. The molecule has 0 spiro atoms. The highest BCUT2D eigenvalue weighted by molar-refractivity contribution is 5.97. The Balaban J connectivity index is 1.73. The molecule has 0 radical (unpaired) electrons. The van der Waals surface area contributed by atoms with Crippen molar-refractivity contribution in [1.82, 2.24) is 0 Å². The predicted octanol–water partition coefficient (Wildman–Crippen LogP) is 3.36. The minimum Gasteiger partial charge on any atom is -0.423 e. The number of rotatable bonds is 1. The molecular formula is C20H24O4. The summed E-state index contributed by atoms with van der Waals surface area (Å²) in [5.41, 5.74) is 0.756. The molecule has 0 aliphatic heterocycles. The first kappa shape index (κ1) is 15.8. The van der Waals surface area contributed by atoms with Crippen molar-refractivity contribution in [1.29, 1.82) is 0 Å². The number of ether oxygens (including phenoxy) is 1. The Hall–Kier alpha value is -1.71. The van der Waals surface area contributed by atoms with Crippen LogP contribution in [0.1, 0.15) is 52.4 Å². The molecule has 4 aliphatic carbocycles. The van der Waals surface area contributed by atoms with Crippen LogP contribution in [0.4, 0.5) is 0 Å². The van der Waals surface area contributed by atoms with Crippen LogP contribution in [0.15, 0.2) is 23.5 Å². The molecule has 4 rings (SSSR count). The normalized spacial score (nSPS) is 40.9. The fraction of sp³-hybridized carbons (Fsp3) is 0.650. The number of carbonyl (C=O) groups is 3. The molecule has 24 heavy (non-hydrogen) atoms. The zero-order valence-corrected chi connectivity index (χ0v) is 14.3. The molecule has 0 unspecified atom stereocenters. The Labute approximate surface area is 142 Å². The van der Waals surface area contributed by atoms with Crippen LogP contribution in [0.3, 0.4) is 0 Å². The van der Waals surface area contributed by atoms with E-state index in [4.69, 9.17) is 4.74 Å². The molecule has 0 aromatic carbocycles. The van der Waals surface area contributed by atoms with Crippen LogP contribution in [0.25, 0.3) is 0 Å². The van der Waals surface area contributed by atoms with Gasteiger partial charge in [0.05, 0.1) is 0 Å². The van der Waals surface area contributed by atoms with Crippen LogP contribution >= 0.6 is 0 Å². The van der Waals surface area contributed by atoms with Crippen LogP contribution in [0.2, 0.25) is 0 Å². The van der Waals surface area contributed by atoms with E-state index >= 15 is 0 Å². The van der Waals surface area contributed by atoms with E-state index in [2.05, 4.69) is 13.0 Å². The van der Waals surface area contributed by atoms with Gasteiger partial charge in [-0.15, -0.1) is 0 Å². The molecule has 2 fully saturated rings. The number of Topliss-reactive ketones (excluding diaryl/α,β-unsaturated/α-hetero) is 2. The predicted molar refractivity (Wildman–Crippen MR) is 87.7 cm³/mol. The number of allylic oxidation sites excluding steroid dienone is 4. The van der Waals surface area contributed by atoms with E-state index in [0.717, 1.165) is 31.3 Å². The van der Waals surface area contributed by atoms with E-state index < -0.39 is 5.97 Å². The lowest BCUT2D eigenvalue weighted by molar-refractivity contribution is -0.141. The summed E-state index contributed by atoms with van der Waals surface area (Å²) in [4.78, 5) is 35.9. The van der Waals surface area contributed by atoms with Gasteiger partial charge in [-0.3, -0.25) is 14.4 Å². The van der Waals surface area contributed by atoms with E-state index in [-0.39, 0.29) is 22.9 Å². The molecule has 0 N–H and O–H groups in total. The van der Waals surface area contributed by atoms with Crippen LogP contribution in [0, 0.1) is 29.1 Å². The van der Waals surface area contributed by atoms with Crippen LogP contribution < -0.4 is 0 Å². The molecule has 0 saturated heterocycles. The van der Waals surface area contributed by atoms with Gasteiger partial charge in [0.2, 0.25) is 0 Å². The Morgan fingerprint density at radius 3 is 2.75 bits per heavy atom. The van der Waals surface area contributed by atoms with Crippen molar-refractivity contribution >= 4 is 17.5 Å². The van der Waals surface area contributed by atoms with Gasteiger partial charge in [-0.05, 0) is 49.4 Å². The average Bonchev–Trinajstić information content (AvgIpc) is 2.85. The summed E-state index contributed by atoms with van der Waals surface area (Å²) < 4.78 is 5.26. The van der Waals surface area contributed by atoms with E-state index in [0.29, 0.717) is 36.4 Å². The third-order valence-corrected chi connectivity index (χ3v) is 6.95. The van der Waals surface area contributed by atoms with Crippen molar-refractivity contribution in [2.75, 3.05) is 0 Å². The molecule has 5 atom stereocenters. The summed E-state index contributed by atoms with van der Waals surface area (Å²) in [6.07, 6.45) is 9.16. The van der Waals surface area contributed by atoms with Gasteiger partial charge in [0.15, 0.2) is 11.5 Å². The van der Waals surface area contributed by atoms with Crippen molar-refractivity contribution < 1.29 is 19.1 Å². The third kappa shape index (κ3) is 2.15. The molecular weight excluding hydrogens is 304 g/mol. The van der Waals surface area contributed by atoms with Crippen molar-refractivity contribution in [3.63, 3.8) is 0 Å². The van der Waals surface area contributed by atoms with Gasteiger partial charge < -0.3 is 4.74 Å². The maximum absolute atomic E-state index is 12.4. The van der Waals surface area contributed by atoms with Crippen molar-refractivity contribution in [3.8, 4) is 0 Å². The zero-order chi connectivity index (χ0) is 17.1. The molecule has 128 valence electrons. The first-order valence-corrected chi connectivity index (χ1v) is 9.09. The topological polar surface area (TPSA) is 60.4 Å². The monoisotopic (exact) mass is 328 g/mol. The van der Waals surface area contributed by atoms with Crippen LogP contribution in [0.5, 0.6) is 0 Å². The second-order valence-electron chi connectivity index (χ2n) is 8.07. The molecule has 4 aliphatic rings. The van der Waals surface area contributed by atoms with E-state index in [9.17, 15) is 14.4 Å². The van der Waals surface area contributed by atoms with Gasteiger partial charge in [-0.1, -0.05) is 19.1 Å². The van der Waals surface area contributed by atoms with E-state index in [1.165, 1.54) is 6.92 Å². The van der Waals surface area contributed by atoms with Gasteiger partial charge in [-0.2, -0.15) is 0 Å². The molecule has 0 amide bonds. The lowest BCUT2D eigenvalue weighted by Gasteiger charge is -2.49. The summed E-state index contributed by atoms with van der Waals surface area (Å²) >= 11 is 0. The van der Waals surface area contributed by atoms with Gasteiger partial charge in [0.1, 0.15) is 5.78 Å². The molecule has 2 saturated carbocycles. The number of esters is 1. The van der Waals surface area contributed by atoms with Crippen LogP contribution in [-0.2, 0) is 19.1 Å². The van der Waals surface area contributed by atoms with Crippen molar-refractivity contribution in [2.24, 2.45) is 29.1 Å². The number of fused-ring (bicyclic) bond motifs is 5. The van der Waals surface area contributed by atoms with Crippen LogP contribution in [-0.4, -0.2) is 17.5 Å². The number of ketones is 2. The molecule has 0 bridgehead atoms. The first-order chi connectivity index (χ1) is 11.4. The van der Waals surface area contributed by atoms with Gasteiger partial charge in [-0.25, -0.2) is 0 Å². The number of carbonyl (C=O) groups excluding carboxylic acids is 3. The number of hydrogen-bond acceptors (Lipinski definition) is 4. The van der Waals surface area contributed by atoms with E-state index in [1.807, 2.05) is 6.08 Å². The Bertz CT molecular complexity index is 686. The SMILES string of the molecule is CC(=O)OC1=C2C=C[C@@H]3[C@H](CC[C@]4(C)C(=O)CC[C@@H]34)[C@H]2CCC1=O. The fourth-order valence-corrected chi connectivity index (χ4v) is 5.75. The summed E-state index contributed by atoms with van der Waals surface area (Å²) in [6, 6.07) is 0. The van der Waals surface area contributed by atoms with E-state index in [1.54, 1.807) is 0 Å². The molecule has 0 aromatic heterocycles. The second-order valence-corrected chi connectivity index (χ2v) is 8.07. The van der Waals surface area contributed by atoms with Gasteiger partial charge >= 0.3 is 5.97 Å². The maximum Gasteiger partial charge on any atom is 0.308 e. The molecule has 0 heterocycles. The highest BCUT2D eigenvalue weighted by Crippen LogP contribution is 2.59. The smallest absolute Gasteiger partial charge is 0.308 e. The standard InChI is InChI=1S/C20H24O4/c1-11(21)24-19-15-4-3-14-13(12(15)5-7-17(19)22)9-10-20(2)16(14)6-8-18(20)23/h3-4,12-14,16H,5-10H2,1-2H3/t12-,13-,14-,16+,20+/m1/s1. The van der Waals surface area contributed by atoms with Gasteiger partial charge in [0.25, 0.3) is 0 Å². The summed E-state index contributed by atoms with van der Waals surface area (Å²) in [5, 5.41) is 0.